The summed E-state index contributed by atoms with van der Waals surface area (Å²) in [5.74, 6) is 0. The number of hydrogen-bond acceptors (Lipinski definition) is 3. The van der Waals surface area contributed by atoms with Gasteiger partial charge >= 0.3 is 0 Å². The van der Waals surface area contributed by atoms with E-state index in [1.165, 1.54) is 0 Å². The molecular weight excluding hydrogens is 248 g/mol. The third-order valence-corrected chi connectivity index (χ3v) is 3.45. The van der Waals surface area contributed by atoms with Crippen LogP contribution in [0.25, 0.3) is 0 Å². The normalized spacial score (nSPS) is 10.3. The Morgan fingerprint density at radius 3 is 2.14 bits per heavy atom. The highest BCUT2D eigenvalue weighted by Gasteiger charge is 2.21. The van der Waals surface area contributed by atoms with E-state index in [0.29, 0.717) is 21.3 Å². The van der Waals surface area contributed by atoms with Crippen LogP contribution in [0.4, 0.5) is 11.4 Å². The molecule has 76 valence electrons. The van der Waals surface area contributed by atoms with Crippen molar-refractivity contribution in [3.63, 3.8) is 0 Å². The fourth-order valence-electron chi connectivity index (χ4n) is 1.41. The van der Waals surface area contributed by atoms with Crippen molar-refractivity contribution < 1.29 is 4.92 Å². The summed E-state index contributed by atoms with van der Waals surface area (Å²) in [7, 11) is 0. The zero-order chi connectivity index (χ0) is 11.0. The molecule has 1 aromatic rings. The summed E-state index contributed by atoms with van der Waals surface area (Å²) in [6, 6.07) is 0. The first-order chi connectivity index (χ1) is 6.37. The van der Waals surface area contributed by atoms with E-state index >= 15 is 0 Å². The van der Waals surface area contributed by atoms with Crippen LogP contribution in [0.2, 0.25) is 0 Å². The second-order valence-corrected chi connectivity index (χ2v) is 4.00. The maximum absolute atomic E-state index is 10.8. The van der Waals surface area contributed by atoms with Crippen LogP contribution in [0.5, 0.6) is 0 Å². The Morgan fingerprint density at radius 1 is 1.21 bits per heavy atom. The molecule has 2 N–H and O–H groups in total. The van der Waals surface area contributed by atoms with Crippen molar-refractivity contribution >= 4 is 27.3 Å². The Bertz CT molecular complexity index is 387. The minimum Gasteiger partial charge on any atom is -0.398 e. The van der Waals surface area contributed by atoms with Gasteiger partial charge in [-0.1, -0.05) is 0 Å². The molecule has 0 aliphatic carbocycles. The van der Waals surface area contributed by atoms with E-state index in [0.717, 1.165) is 5.56 Å². The van der Waals surface area contributed by atoms with E-state index in [4.69, 9.17) is 5.73 Å². The topological polar surface area (TPSA) is 69.2 Å². The Hall–Kier alpha value is -1.10. The summed E-state index contributed by atoms with van der Waals surface area (Å²) in [5, 5.41) is 10.8. The first-order valence-electron chi connectivity index (χ1n) is 4.07. The van der Waals surface area contributed by atoms with Crippen molar-refractivity contribution in [1.82, 2.24) is 0 Å². The smallest absolute Gasteiger partial charge is 0.276 e. The second-order valence-electron chi connectivity index (χ2n) is 3.21. The molecule has 0 saturated heterocycles. The zero-order valence-corrected chi connectivity index (χ0v) is 9.81. The van der Waals surface area contributed by atoms with Crippen molar-refractivity contribution in [1.29, 1.82) is 0 Å². The lowest BCUT2D eigenvalue weighted by atomic mass is 10.0. The van der Waals surface area contributed by atoms with Crippen LogP contribution in [-0.2, 0) is 0 Å². The molecule has 0 bridgehead atoms. The van der Waals surface area contributed by atoms with Gasteiger partial charge in [0.1, 0.15) is 0 Å². The predicted molar refractivity (Wildman–Crippen MR) is 59.4 cm³/mol. The lowest BCUT2D eigenvalue weighted by Crippen LogP contribution is -2.02. The number of hydrogen-bond donors (Lipinski definition) is 1. The molecule has 14 heavy (non-hydrogen) atoms. The molecule has 1 rings (SSSR count). The third-order valence-electron chi connectivity index (χ3n) is 2.43. The van der Waals surface area contributed by atoms with Crippen molar-refractivity contribution in [2.75, 3.05) is 5.73 Å². The molecule has 4 nitrogen and oxygen atoms in total. The Kier molecular flexibility index (Phi) is 2.80. The molecule has 0 heterocycles. The number of nitrogen functional groups attached to an aromatic ring is 1. The summed E-state index contributed by atoms with van der Waals surface area (Å²) < 4.78 is 0.618. The number of nitro groups is 1. The molecule has 0 aromatic heterocycles. The number of nitrogens with two attached hydrogens (primary N) is 1. The van der Waals surface area contributed by atoms with E-state index in [1.807, 2.05) is 0 Å². The molecule has 0 aliphatic heterocycles. The number of nitro benzene ring substituents is 1. The van der Waals surface area contributed by atoms with Crippen LogP contribution in [0, 0.1) is 30.9 Å². The van der Waals surface area contributed by atoms with Crippen LogP contribution in [0.1, 0.15) is 16.7 Å². The molecule has 0 unspecified atom stereocenters. The quantitative estimate of drug-likeness (QED) is 0.479. The Morgan fingerprint density at radius 2 is 1.71 bits per heavy atom. The Balaban J connectivity index is 3.68. The average Bonchev–Trinajstić information content (AvgIpc) is 2.11. The molecule has 0 amide bonds. The van der Waals surface area contributed by atoms with Gasteiger partial charge in [0.2, 0.25) is 0 Å². The van der Waals surface area contributed by atoms with E-state index in [1.54, 1.807) is 20.8 Å². The third kappa shape index (κ3) is 1.48. The number of rotatable bonds is 1. The number of anilines is 1. The van der Waals surface area contributed by atoms with Crippen LogP contribution in [0.3, 0.4) is 0 Å². The van der Waals surface area contributed by atoms with Crippen molar-refractivity contribution in [2.45, 2.75) is 20.8 Å². The van der Waals surface area contributed by atoms with Crippen molar-refractivity contribution in [2.24, 2.45) is 0 Å². The monoisotopic (exact) mass is 258 g/mol. The summed E-state index contributed by atoms with van der Waals surface area (Å²) in [5.41, 5.74) is 8.47. The highest BCUT2D eigenvalue weighted by atomic mass is 79.9. The average molecular weight is 259 g/mol. The summed E-state index contributed by atoms with van der Waals surface area (Å²) in [6.45, 7) is 5.18. The molecule has 0 radical (unpaired) electrons. The second kappa shape index (κ2) is 3.57. The van der Waals surface area contributed by atoms with Crippen molar-refractivity contribution in [3.05, 3.63) is 31.3 Å². The lowest BCUT2D eigenvalue weighted by Gasteiger charge is -2.10. The van der Waals surface area contributed by atoms with E-state index in [9.17, 15) is 10.1 Å². The van der Waals surface area contributed by atoms with Gasteiger partial charge in [-0.2, -0.15) is 0 Å². The van der Waals surface area contributed by atoms with Crippen LogP contribution < -0.4 is 5.73 Å². The number of benzene rings is 1. The van der Waals surface area contributed by atoms with Crippen LogP contribution in [-0.4, -0.2) is 4.92 Å². The van der Waals surface area contributed by atoms with Crippen molar-refractivity contribution in [3.8, 4) is 0 Å². The molecule has 0 saturated carbocycles. The lowest BCUT2D eigenvalue weighted by molar-refractivity contribution is -0.386. The van der Waals surface area contributed by atoms with E-state index < -0.39 is 0 Å². The number of halogens is 1. The standard InChI is InChI=1S/C9H11BrN2O2/c1-4-5(2)9(12(13)14)6(3)7(10)8(4)11/h11H2,1-3H3. The molecule has 5 heteroatoms. The fraction of sp³-hybridized carbons (Fsp3) is 0.333. The largest absolute Gasteiger partial charge is 0.398 e. The van der Waals surface area contributed by atoms with E-state index in [-0.39, 0.29) is 10.6 Å². The molecule has 0 atom stereocenters. The van der Waals surface area contributed by atoms with Gasteiger partial charge in [-0.25, -0.2) is 0 Å². The number of nitrogens with zero attached hydrogens (tertiary/aromatic N) is 1. The van der Waals surface area contributed by atoms with Gasteiger partial charge in [0.05, 0.1) is 9.40 Å². The zero-order valence-electron chi connectivity index (χ0n) is 8.22. The van der Waals surface area contributed by atoms with Gasteiger partial charge in [-0.05, 0) is 42.3 Å². The van der Waals surface area contributed by atoms with Crippen LogP contribution >= 0.6 is 15.9 Å². The first-order valence-corrected chi connectivity index (χ1v) is 4.86. The summed E-state index contributed by atoms with van der Waals surface area (Å²) in [4.78, 5) is 10.4. The fourth-order valence-corrected chi connectivity index (χ4v) is 1.89. The summed E-state index contributed by atoms with van der Waals surface area (Å²) >= 11 is 3.25. The molecule has 0 aliphatic rings. The highest BCUT2D eigenvalue weighted by Crippen LogP contribution is 2.37. The Labute approximate surface area is 90.4 Å². The van der Waals surface area contributed by atoms with Gasteiger partial charge in [0.15, 0.2) is 0 Å². The minimum atomic E-state index is -0.373. The van der Waals surface area contributed by atoms with Crippen LogP contribution in [0.15, 0.2) is 4.47 Å². The van der Waals surface area contributed by atoms with Gasteiger partial charge in [0, 0.05) is 16.8 Å². The van der Waals surface area contributed by atoms with Gasteiger partial charge in [0.25, 0.3) is 5.69 Å². The molecule has 0 fully saturated rings. The maximum atomic E-state index is 10.8. The SMILES string of the molecule is Cc1c(C)c([N+](=O)[O-])c(C)c(Br)c1N. The maximum Gasteiger partial charge on any atom is 0.276 e. The predicted octanol–water partition coefficient (Wildman–Crippen LogP) is 2.86. The van der Waals surface area contributed by atoms with Gasteiger partial charge in [-0.15, -0.1) is 0 Å². The summed E-state index contributed by atoms with van der Waals surface area (Å²) in [6.07, 6.45) is 0. The molecular formula is C9H11BrN2O2. The highest BCUT2D eigenvalue weighted by molar-refractivity contribution is 9.10. The minimum absolute atomic E-state index is 0.142. The van der Waals surface area contributed by atoms with Gasteiger partial charge in [-0.3, -0.25) is 10.1 Å². The molecule has 0 spiro atoms. The van der Waals surface area contributed by atoms with E-state index in [2.05, 4.69) is 15.9 Å². The molecule has 1 aromatic carbocycles. The van der Waals surface area contributed by atoms with Gasteiger partial charge < -0.3 is 5.73 Å². The first kappa shape index (κ1) is 11.0.